The van der Waals surface area contributed by atoms with E-state index in [0.717, 1.165) is 0 Å². The summed E-state index contributed by atoms with van der Waals surface area (Å²) in [4.78, 5) is 0. The summed E-state index contributed by atoms with van der Waals surface area (Å²) in [5.41, 5.74) is 4.81. The van der Waals surface area contributed by atoms with Crippen molar-refractivity contribution in [3.8, 4) is 0 Å². The standard InChI is InChI=1S/C14H17P/c1-11(2)10-13-14(3,4)15(13)12-8-6-5-7-9-12/h5-9H,1-4H3. The average Bonchev–Trinajstić information content (AvgIpc) is 2.68. The lowest BCUT2D eigenvalue weighted by Gasteiger charge is -2.00. The number of hydrogen-bond acceptors (Lipinski definition) is 0. The third-order valence-corrected chi connectivity index (χ3v) is 5.75. The Morgan fingerprint density at radius 3 is 2.27 bits per heavy atom. The fourth-order valence-corrected chi connectivity index (χ4v) is 4.64. The van der Waals surface area contributed by atoms with E-state index in [4.69, 9.17) is 0 Å². The molecule has 0 nitrogen and oxygen atoms in total. The van der Waals surface area contributed by atoms with Crippen LogP contribution in [0.1, 0.15) is 27.7 Å². The maximum absolute atomic E-state index is 3.52. The highest BCUT2D eigenvalue weighted by molar-refractivity contribution is 7.80. The molecule has 1 heterocycles. The molecule has 0 aromatic heterocycles. The fourth-order valence-electron chi connectivity index (χ4n) is 1.89. The summed E-state index contributed by atoms with van der Waals surface area (Å²) in [5, 5.41) is 3.37. The highest BCUT2D eigenvalue weighted by atomic mass is 31.1. The van der Waals surface area contributed by atoms with Crippen LogP contribution in [0, 0.1) is 0 Å². The van der Waals surface area contributed by atoms with Crippen molar-refractivity contribution in [2.24, 2.45) is 0 Å². The van der Waals surface area contributed by atoms with Gasteiger partial charge in [0.1, 0.15) is 0 Å². The Morgan fingerprint density at radius 1 is 1.13 bits per heavy atom. The molecule has 1 unspecified atom stereocenters. The zero-order valence-corrected chi connectivity index (χ0v) is 10.7. The molecule has 1 saturated heterocycles. The molecule has 1 heteroatoms. The lowest BCUT2D eigenvalue weighted by molar-refractivity contribution is 0.951. The topological polar surface area (TPSA) is 0 Å². The summed E-state index contributed by atoms with van der Waals surface area (Å²) in [6.45, 7) is 8.91. The molecule has 0 amide bonds. The normalized spacial score (nSPS) is 22.1. The van der Waals surface area contributed by atoms with Gasteiger partial charge in [-0.1, -0.05) is 44.2 Å². The van der Waals surface area contributed by atoms with Crippen molar-refractivity contribution >= 4 is 13.2 Å². The molecule has 2 rings (SSSR count). The van der Waals surface area contributed by atoms with E-state index in [-0.39, 0.29) is 7.92 Å². The molecule has 0 spiro atoms. The summed E-state index contributed by atoms with van der Waals surface area (Å²) >= 11 is 0. The maximum Gasteiger partial charge on any atom is 0.0262 e. The van der Waals surface area contributed by atoms with Gasteiger partial charge in [-0.25, -0.2) is 0 Å². The van der Waals surface area contributed by atoms with Crippen LogP contribution in [0.25, 0.3) is 0 Å². The summed E-state index contributed by atoms with van der Waals surface area (Å²) in [6, 6.07) is 10.8. The molecule has 0 bridgehead atoms. The van der Waals surface area contributed by atoms with E-state index in [1.54, 1.807) is 0 Å². The third-order valence-electron chi connectivity index (χ3n) is 2.69. The van der Waals surface area contributed by atoms with Gasteiger partial charge in [-0.3, -0.25) is 0 Å². The van der Waals surface area contributed by atoms with Crippen LogP contribution >= 0.6 is 7.92 Å². The van der Waals surface area contributed by atoms with E-state index in [1.165, 1.54) is 16.2 Å². The summed E-state index contributed by atoms with van der Waals surface area (Å²) < 4.78 is 0. The van der Waals surface area contributed by atoms with Crippen molar-refractivity contribution in [3.63, 3.8) is 0 Å². The van der Waals surface area contributed by atoms with Crippen molar-refractivity contribution in [3.05, 3.63) is 47.0 Å². The Kier molecular flexibility index (Phi) is 2.59. The largest absolute Gasteiger partial charge is 0.117 e. The first-order chi connectivity index (χ1) is 7.03. The van der Waals surface area contributed by atoms with Crippen LogP contribution in [0.2, 0.25) is 0 Å². The van der Waals surface area contributed by atoms with Gasteiger partial charge in [0.2, 0.25) is 0 Å². The molecule has 1 aliphatic heterocycles. The molecule has 0 saturated carbocycles. The molecular weight excluding hydrogens is 199 g/mol. The smallest absolute Gasteiger partial charge is 0.0262 e. The van der Waals surface area contributed by atoms with Crippen molar-refractivity contribution < 1.29 is 0 Å². The quantitative estimate of drug-likeness (QED) is 0.491. The molecule has 78 valence electrons. The van der Waals surface area contributed by atoms with Crippen molar-refractivity contribution in [1.29, 1.82) is 0 Å². The minimum atomic E-state index is -0.100. The van der Waals surface area contributed by atoms with Crippen molar-refractivity contribution in [2.45, 2.75) is 32.9 Å². The van der Waals surface area contributed by atoms with E-state index in [1.807, 2.05) is 0 Å². The highest BCUT2D eigenvalue weighted by Crippen LogP contribution is 2.77. The zero-order chi connectivity index (χ0) is 11.1. The van der Waals surface area contributed by atoms with E-state index in [0.29, 0.717) is 5.16 Å². The molecule has 0 N–H and O–H groups in total. The first-order valence-electron chi connectivity index (χ1n) is 5.33. The Labute approximate surface area is 93.5 Å². The van der Waals surface area contributed by atoms with Gasteiger partial charge in [0.25, 0.3) is 0 Å². The van der Waals surface area contributed by atoms with Gasteiger partial charge in [0, 0.05) is 10.5 Å². The molecule has 15 heavy (non-hydrogen) atoms. The van der Waals surface area contributed by atoms with Gasteiger partial charge in [0.15, 0.2) is 0 Å². The van der Waals surface area contributed by atoms with Crippen LogP contribution in [0.5, 0.6) is 0 Å². The Morgan fingerprint density at radius 2 is 1.73 bits per heavy atom. The number of allylic oxidation sites excluding steroid dienone is 1. The second kappa shape index (κ2) is 3.63. The SMILES string of the molecule is CC(C)=C=C1P(c2ccccc2)C1(C)C. The molecule has 1 aliphatic rings. The summed E-state index contributed by atoms with van der Waals surface area (Å²) in [7, 11) is -0.100. The van der Waals surface area contributed by atoms with Gasteiger partial charge in [-0.15, -0.1) is 5.73 Å². The molecule has 0 radical (unpaired) electrons. The Hall–Kier alpha value is -0.830. The van der Waals surface area contributed by atoms with Crippen LogP contribution < -0.4 is 5.30 Å². The van der Waals surface area contributed by atoms with Crippen LogP contribution in [-0.4, -0.2) is 5.16 Å². The van der Waals surface area contributed by atoms with Crippen LogP contribution in [0.3, 0.4) is 0 Å². The van der Waals surface area contributed by atoms with Gasteiger partial charge >= 0.3 is 0 Å². The van der Waals surface area contributed by atoms with Gasteiger partial charge in [-0.2, -0.15) is 0 Å². The Balaban J connectivity index is 2.41. The molecule has 1 atom stereocenters. The van der Waals surface area contributed by atoms with Crippen LogP contribution in [0.15, 0.2) is 47.0 Å². The number of benzene rings is 1. The number of hydrogen-bond donors (Lipinski definition) is 0. The minimum absolute atomic E-state index is 0.100. The fraction of sp³-hybridized carbons (Fsp3) is 0.357. The summed E-state index contributed by atoms with van der Waals surface area (Å²) in [6.07, 6.45) is 0. The van der Waals surface area contributed by atoms with Gasteiger partial charge < -0.3 is 0 Å². The van der Waals surface area contributed by atoms with E-state index in [9.17, 15) is 0 Å². The van der Waals surface area contributed by atoms with E-state index in [2.05, 4.69) is 63.8 Å². The number of rotatable bonds is 1. The van der Waals surface area contributed by atoms with Crippen LogP contribution in [-0.2, 0) is 0 Å². The van der Waals surface area contributed by atoms with Crippen molar-refractivity contribution in [2.75, 3.05) is 0 Å². The predicted octanol–water partition coefficient (Wildman–Crippen LogP) is 4.04. The molecule has 1 aromatic carbocycles. The van der Waals surface area contributed by atoms with E-state index >= 15 is 0 Å². The minimum Gasteiger partial charge on any atom is -0.117 e. The third kappa shape index (κ3) is 1.93. The molecule has 1 fully saturated rings. The lowest BCUT2D eigenvalue weighted by Crippen LogP contribution is -1.97. The molecule has 1 aromatic rings. The first kappa shape index (κ1) is 10.7. The van der Waals surface area contributed by atoms with E-state index < -0.39 is 0 Å². The second-order valence-corrected chi connectivity index (χ2v) is 7.46. The highest BCUT2D eigenvalue weighted by Gasteiger charge is 2.53. The summed E-state index contributed by atoms with van der Waals surface area (Å²) in [5.74, 6) is 0. The lowest BCUT2D eigenvalue weighted by atomic mass is 10.2. The van der Waals surface area contributed by atoms with Gasteiger partial charge in [0.05, 0.1) is 0 Å². The maximum atomic E-state index is 3.52. The monoisotopic (exact) mass is 216 g/mol. The average molecular weight is 216 g/mol. The van der Waals surface area contributed by atoms with Gasteiger partial charge in [-0.05, 0) is 32.6 Å². The second-order valence-electron chi connectivity index (χ2n) is 4.70. The molecule has 0 aliphatic carbocycles. The van der Waals surface area contributed by atoms with Crippen molar-refractivity contribution in [1.82, 2.24) is 0 Å². The Bertz CT molecular complexity index is 430. The first-order valence-corrected chi connectivity index (χ1v) is 6.67. The molecular formula is C14H17P. The van der Waals surface area contributed by atoms with Crippen LogP contribution in [0.4, 0.5) is 0 Å². The zero-order valence-electron chi connectivity index (χ0n) is 9.83. The predicted molar refractivity (Wildman–Crippen MR) is 69.0 cm³/mol.